The van der Waals surface area contributed by atoms with Gasteiger partial charge in [-0.2, -0.15) is 5.10 Å². The number of carbonyl (C=O) groups excluding carboxylic acids is 2. The van der Waals surface area contributed by atoms with Crippen LogP contribution in [-0.2, 0) is 17.7 Å². The van der Waals surface area contributed by atoms with Crippen molar-refractivity contribution in [2.45, 2.75) is 39.3 Å². The highest BCUT2D eigenvalue weighted by Gasteiger charge is 2.28. The highest BCUT2D eigenvalue weighted by atomic mass is 79.9. The Morgan fingerprint density at radius 3 is 2.62 bits per heavy atom. The summed E-state index contributed by atoms with van der Waals surface area (Å²) in [4.78, 5) is 26.2. The van der Waals surface area contributed by atoms with E-state index < -0.39 is 5.60 Å². The van der Waals surface area contributed by atoms with Crippen LogP contribution in [0.5, 0.6) is 0 Å². The summed E-state index contributed by atoms with van der Waals surface area (Å²) in [7, 11) is 0. The molecule has 1 aromatic carbocycles. The molecule has 2 N–H and O–H groups in total. The summed E-state index contributed by atoms with van der Waals surface area (Å²) in [6.45, 7) is 6.42. The molecule has 3 rings (SSSR count). The molecule has 2 amide bonds. The van der Waals surface area contributed by atoms with Crippen molar-refractivity contribution in [3.63, 3.8) is 0 Å². The molecule has 26 heavy (non-hydrogen) atoms. The van der Waals surface area contributed by atoms with Gasteiger partial charge in [0.05, 0.1) is 12.2 Å². The number of aromatic amines is 1. The number of hydrogen-bond donors (Lipinski definition) is 2. The maximum Gasteiger partial charge on any atom is 0.410 e. The van der Waals surface area contributed by atoms with Crippen LogP contribution < -0.4 is 5.32 Å². The van der Waals surface area contributed by atoms with Gasteiger partial charge in [0, 0.05) is 22.1 Å². The number of rotatable bonds is 2. The van der Waals surface area contributed by atoms with E-state index in [0.717, 1.165) is 15.7 Å². The summed E-state index contributed by atoms with van der Waals surface area (Å²) in [5, 5.41) is 9.96. The van der Waals surface area contributed by atoms with E-state index in [-0.39, 0.29) is 12.0 Å². The van der Waals surface area contributed by atoms with Gasteiger partial charge in [0.15, 0.2) is 5.82 Å². The van der Waals surface area contributed by atoms with E-state index in [1.807, 2.05) is 32.9 Å². The molecule has 0 radical (unpaired) electrons. The Labute approximate surface area is 160 Å². The molecule has 2 aromatic rings. The summed E-state index contributed by atoms with van der Waals surface area (Å²) in [6, 6.07) is 7.10. The molecule has 0 saturated carbocycles. The van der Waals surface area contributed by atoms with Crippen molar-refractivity contribution in [3.05, 3.63) is 45.6 Å². The molecule has 0 fully saturated rings. The molecule has 0 atom stereocenters. The van der Waals surface area contributed by atoms with Gasteiger partial charge < -0.3 is 15.0 Å². The fourth-order valence-corrected chi connectivity index (χ4v) is 2.95. The third kappa shape index (κ3) is 4.24. The van der Waals surface area contributed by atoms with E-state index in [1.165, 1.54) is 0 Å². The second kappa shape index (κ2) is 7.11. The van der Waals surface area contributed by atoms with Crippen molar-refractivity contribution in [2.24, 2.45) is 0 Å². The van der Waals surface area contributed by atoms with E-state index in [0.29, 0.717) is 30.9 Å². The monoisotopic (exact) mass is 420 g/mol. The number of anilines is 1. The van der Waals surface area contributed by atoms with Crippen LogP contribution in [0, 0.1) is 0 Å². The van der Waals surface area contributed by atoms with Crippen LogP contribution in [0.25, 0.3) is 0 Å². The quantitative estimate of drug-likeness (QED) is 0.774. The van der Waals surface area contributed by atoms with Gasteiger partial charge in [-0.1, -0.05) is 15.9 Å². The van der Waals surface area contributed by atoms with Crippen LogP contribution in [0.4, 0.5) is 10.6 Å². The predicted molar refractivity (Wildman–Crippen MR) is 101 cm³/mol. The Kier molecular flexibility index (Phi) is 5.04. The molecule has 1 aliphatic heterocycles. The number of nitrogens with zero attached hydrogens (tertiary/aromatic N) is 2. The average molecular weight is 421 g/mol. The lowest BCUT2D eigenvalue weighted by molar-refractivity contribution is 0.0221. The van der Waals surface area contributed by atoms with E-state index in [4.69, 9.17) is 4.74 Å². The van der Waals surface area contributed by atoms with Crippen LogP contribution in [0.1, 0.15) is 42.4 Å². The fourth-order valence-electron chi connectivity index (χ4n) is 2.68. The smallest absolute Gasteiger partial charge is 0.410 e. The van der Waals surface area contributed by atoms with Crippen LogP contribution in [0.2, 0.25) is 0 Å². The Hall–Kier alpha value is -2.35. The largest absolute Gasteiger partial charge is 0.444 e. The van der Waals surface area contributed by atoms with E-state index >= 15 is 0 Å². The Balaban J connectivity index is 1.68. The molecule has 1 aromatic heterocycles. The van der Waals surface area contributed by atoms with Gasteiger partial charge in [-0.3, -0.25) is 9.89 Å². The summed E-state index contributed by atoms with van der Waals surface area (Å²) >= 11 is 3.35. The fraction of sp³-hybridized carbons (Fsp3) is 0.389. The van der Waals surface area contributed by atoms with Crippen molar-refractivity contribution >= 4 is 33.7 Å². The van der Waals surface area contributed by atoms with Crippen molar-refractivity contribution < 1.29 is 14.3 Å². The van der Waals surface area contributed by atoms with Gasteiger partial charge in [-0.05, 0) is 51.5 Å². The van der Waals surface area contributed by atoms with Crippen LogP contribution in [-0.4, -0.2) is 39.2 Å². The van der Waals surface area contributed by atoms with Crippen LogP contribution in [0.15, 0.2) is 28.7 Å². The SMILES string of the molecule is CC(C)(C)OC(=O)N1CCc2c(NC(=O)c3ccc(Br)cc3)n[nH]c2C1. The molecule has 0 aliphatic carbocycles. The summed E-state index contributed by atoms with van der Waals surface area (Å²) in [5.74, 6) is 0.290. The maximum absolute atomic E-state index is 12.4. The zero-order chi connectivity index (χ0) is 18.9. The number of aromatic nitrogens is 2. The second-order valence-electron chi connectivity index (χ2n) is 7.14. The zero-order valence-electron chi connectivity index (χ0n) is 14.9. The van der Waals surface area contributed by atoms with E-state index in [9.17, 15) is 9.59 Å². The molecule has 0 bridgehead atoms. The average Bonchev–Trinajstić information content (AvgIpc) is 2.96. The van der Waals surface area contributed by atoms with Crippen molar-refractivity contribution in [1.82, 2.24) is 15.1 Å². The third-order valence-electron chi connectivity index (χ3n) is 3.92. The number of carbonyl (C=O) groups is 2. The predicted octanol–water partition coefficient (Wildman–Crippen LogP) is 3.72. The lowest BCUT2D eigenvalue weighted by Crippen LogP contribution is -2.39. The molecule has 0 spiro atoms. The molecule has 8 heteroatoms. The van der Waals surface area contributed by atoms with E-state index in [2.05, 4.69) is 31.4 Å². The topological polar surface area (TPSA) is 87.3 Å². The van der Waals surface area contributed by atoms with Gasteiger partial charge in [-0.25, -0.2) is 4.79 Å². The lowest BCUT2D eigenvalue weighted by Gasteiger charge is -2.29. The first-order valence-corrected chi connectivity index (χ1v) is 9.13. The number of benzene rings is 1. The molecule has 7 nitrogen and oxygen atoms in total. The standard InChI is InChI=1S/C18H21BrN4O3/c1-18(2,3)26-17(25)23-9-8-13-14(10-23)21-22-15(13)20-16(24)11-4-6-12(19)7-5-11/h4-7H,8-10H2,1-3H3,(H2,20,21,22,24). The number of nitrogens with one attached hydrogen (secondary N) is 2. The Morgan fingerprint density at radius 1 is 1.27 bits per heavy atom. The minimum Gasteiger partial charge on any atom is -0.444 e. The highest BCUT2D eigenvalue weighted by Crippen LogP contribution is 2.25. The minimum absolute atomic E-state index is 0.221. The first kappa shape index (κ1) is 18.4. The molecular weight excluding hydrogens is 400 g/mol. The first-order chi connectivity index (χ1) is 12.2. The van der Waals surface area contributed by atoms with Gasteiger partial charge >= 0.3 is 6.09 Å². The normalized spacial score (nSPS) is 13.9. The minimum atomic E-state index is -0.533. The Bertz CT molecular complexity index is 824. The van der Waals surface area contributed by atoms with Gasteiger partial charge in [0.2, 0.25) is 0 Å². The number of fused-ring (bicyclic) bond motifs is 1. The first-order valence-electron chi connectivity index (χ1n) is 8.34. The van der Waals surface area contributed by atoms with Gasteiger partial charge in [-0.15, -0.1) is 0 Å². The van der Waals surface area contributed by atoms with Crippen molar-refractivity contribution in [3.8, 4) is 0 Å². The van der Waals surface area contributed by atoms with Gasteiger partial charge in [0.1, 0.15) is 5.60 Å². The summed E-state index contributed by atoms with van der Waals surface area (Å²) < 4.78 is 6.32. The summed E-state index contributed by atoms with van der Waals surface area (Å²) in [5.41, 5.74) is 1.76. The van der Waals surface area contributed by atoms with E-state index in [1.54, 1.807) is 17.0 Å². The molecule has 0 unspecified atom stereocenters. The second-order valence-corrected chi connectivity index (χ2v) is 8.06. The molecular formula is C18H21BrN4O3. The number of hydrogen-bond acceptors (Lipinski definition) is 4. The number of ether oxygens (including phenoxy) is 1. The van der Waals surface area contributed by atoms with Gasteiger partial charge in [0.25, 0.3) is 5.91 Å². The zero-order valence-corrected chi connectivity index (χ0v) is 16.5. The Morgan fingerprint density at radius 2 is 1.96 bits per heavy atom. The van der Waals surface area contributed by atoms with Crippen molar-refractivity contribution in [2.75, 3.05) is 11.9 Å². The maximum atomic E-state index is 12.4. The number of halogens is 1. The third-order valence-corrected chi connectivity index (χ3v) is 4.45. The molecule has 0 saturated heterocycles. The molecule has 138 valence electrons. The number of H-pyrrole nitrogens is 1. The lowest BCUT2D eigenvalue weighted by atomic mass is 10.1. The molecule has 2 heterocycles. The summed E-state index contributed by atoms with van der Waals surface area (Å²) in [6.07, 6.45) is 0.249. The number of amides is 2. The molecule has 1 aliphatic rings. The van der Waals surface area contributed by atoms with Crippen molar-refractivity contribution in [1.29, 1.82) is 0 Å². The van der Waals surface area contributed by atoms with Crippen LogP contribution in [0.3, 0.4) is 0 Å². The van der Waals surface area contributed by atoms with Crippen LogP contribution >= 0.6 is 15.9 Å². The highest BCUT2D eigenvalue weighted by molar-refractivity contribution is 9.10.